The predicted molar refractivity (Wildman–Crippen MR) is 121 cm³/mol. The molecule has 1 aliphatic rings. The van der Waals surface area contributed by atoms with E-state index < -0.39 is 30.3 Å². The second-order valence-corrected chi connectivity index (χ2v) is 8.93. The second-order valence-electron chi connectivity index (χ2n) is 8.93. The highest BCUT2D eigenvalue weighted by atomic mass is 16.5. The number of benzene rings is 2. The van der Waals surface area contributed by atoms with Gasteiger partial charge in [0.05, 0.1) is 19.6 Å². The zero-order chi connectivity index (χ0) is 24.2. The van der Waals surface area contributed by atoms with Crippen molar-refractivity contribution in [3.05, 3.63) is 65.2 Å². The summed E-state index contributed by atoms with van der Waals surface area (Å²) >= 11 is 0. The number of amides is 2. The fourth-order valence-corrected chi connectivity index (χ4v) is 3.40. The van der Waals surface area contributed by atoms with Crippen molar-refractivity contribution in [3.63, 3.8) is 0 Å². The fourth-order valence-electron chi connectivity index (χ4n) is 3.40. The third kappa shape index (κ3) is 5.97. The van der Waals surface area contributed by atoms with Crippen molar-refractivity contribution >= 4 is 23.6 Å². The van der Waals surface area contributed by atoms with E-state index in [1.54, 1.807) is 36.4 Å². The van der Waals surface area contributed by atoms with Crippen LogP contribution in [-0.2, 0) is 19.7 Å². The van der Waals surface area contributed by atoms with Gasteiger partial charge in [0.2, 0.25) is 5.91 Å². The Morgan fingerprint density at radius 1 is 1.00 bits per heavy atom. The minimum Gasteiger partial charge on any atom is -0.497 e. The lowest BCUT2D eigenvalue weighted by Crippen LogP contribution is -2.43. The maximum Gasteiger partial charge on any atom is 0.311 e. The number of hydrogen-bond acceptors (Lipinski definition) is 6. The highest BCUT2D eigenvalue weighted by molar-refractivity contribution is 5.99. The van der Waals surface area contributed by atoms with Crippen LogP contribution in [0.15, 0.2) is 48.5 Å². The molecule has 0 saturated carbocycles. The Labute approximate surface area is 192 Å². The monoisotopic (exact) mass is 452 g/mol. The van der Waals surface area contributed by atoms with E-state index in [-0.39, 0.29) is 24.2 Å². The highest BCUT2D eigenvalue weighted by Crippen LogP contribution is 2.23. The SMILES string of the molecule is COc1ccc(C(=O)COC(=O)[C@H]2CC(=O)N(NC(=O)c3ccc(C(C)(C)C)cc3)C2)cc1. The smallest absolute Gasteiger partial charge is 0.311 e. The van der Waals surface area contributed by atoms with Gasteiger partial charge in [-0.05, 0) is 47.4 Å². The molecule has 0 spiro atoms. The van der Waals surface area contributed by atoms with Gasteiger partial charge in [0.15, 0.2) is 12.4 Å². The molecule has 1 heterocycles. The molecule has 0 bridgehead atoms. The van der Waals surface area contributed by atoms with Gasteiger partial charge in [-0.2, -0.15) is 0 Å². The summed E-state index contributed by atoms with van der Waals surface area (Å²) in [5, 5.41) is 1.12. The zero-order valence-corrected chi connectivity index (χ0v) is 19.2. The highest BCUT2D eigenvalue weighted by Gasteiger charge is 2.36. The molecule has 3 rings (SSSR count). The van der Waals surface area contributed by atoms with E-state index >= 15 is 0 Å². The van der Waals surface area contributed by atoms with Crippen LogP contribution in [0.3, 0.4) is 0 Å². The summed E-state index contributed by atoms with van der Waals surface area (Å²) in [4.78, 5) is 49.4. The van der Waals surface area contributed by atoms with E-state index in [0.29, 0.717) is 16.9 Å². The normalized spacial score (nSPS) is 15.8. The van der Waals surface area contributed by atoms with Crippen LogP contribution >= 0.6 is 0 Å². The summed E-state index contributed by atoms with van der Waals surface area (Å²) in [7, 11) is 1.52. The van der Waals surface area contributed by atoms with E-state index in [0.717, 1.165) is 10.6 Å². The lowest BCUT2D eigenvalue weighted by atomic mass is 9.87. The van der Waals surface area contributed by atoms with E-state index in [4.69, 9.17) is 9.47 Å². The van der Waals surface area contributed by atoms with Gasteiger partial charge < -0.3 is 9.47 Å². The summed E-state index contributed by atoms with van der Waals surface area (Å²) in [6.07, 6.45) is -0.0984. The number of methoxy groups -OCH3 is 1. The molecular formula is C25H28N2O6. The van der Waals surface area contributed by atoms with Crippen molar-refractivity contribution in [1.82, 2.24) is 10.4 Å². The Kier molecular flexibility index (Phi) is 7.16. The number of nitrogens with zero attached hydrogens (tertiary/aromatic N) is 1. The first-order valence-corrected chi connectivity index (χ1v) is 10.6. The minimum atomic E-state index is -0.760. The summed E-state index contributed by atoms with van der Waals surface area (Å²) in [5.74, 6) is -1.99. The van der Waals surface area contributed by atoms with Crippen LogP contribution in [0.1, 0.15) is 53.5 Å². The van der Waals surface area contributed by atoms with Crippen LogP contribution < -0.4 is 10.2 Å². The molecule has 0 aliphatic carbocycles. The van der Waals surface area contributed by atoms with Gasteiger partial charge in [0.1, 0.15) is 5.75 Å². The molecule has 1 N–H and O–H groups in total. The standard InChI is InChI=1S/C25H28N2O6/c1-25(2,3)19-9-5-17(6-10-19)23(30)26-27-14-18(13-22(27)29)24(31)33-15-21(28)16-7-11-20(32-4)12-8-16/h5-12,18H,13-15H2,1-4H3,(H,26,30)/t18-/m0/s1. The molecule has 8 heteroatoms. The molecule has 2 aromatic carbocycles. The number of carbonyl (C=O) groups excluding carboxylic acids is 4. The molecule has 1 saturated heterocycles. The minimum absolute atomic E-state index is 0.0137. The van der Waals surface area contributed by atoms with E-state index in [2.05, 4.69) is 26.2 Å². The average Bonchev–Trinajstić information content (AvgIpc) is 3.17. The van der Waals surface area contributed by atoms with Crippen LogP contribution in [0, 0.1) is 5.92 Å². The summed E-state index contributed by atoms with van der Waals surface area (Å²) in [5.41, 5.74) is 4.39. The summed E-state index contributed by atoms with van der Waals surface area (Å²) in [6, 6.07) is 13.6. The molecule has 0 aromatic heterocycles. The van der Waals surface area contributed by atoms with Crippen molar-refractivity contribution in [3.8, 4) is 5.75 Å². The van der Waals surface area contributed by atoms with Gasteiger partial charge in [0, 0.05) is 17.5 Å². The topological polar surface area (TPSA) is 102 Å². The van der Waals surface area contributed by atoms with Gasteiger partial charge in [-0.25, -0.2) is 0 Å². The van der Waals surface area contributed by atoms with Crippen molar-refractivity contribution in [1.29, 1.82) is 0 Å². The number of ether oxygens (including phenoxy) is 2. The third-order valence-electron chi connectivity index (χ3n) is 5.47. The third-order valence-corrected chi connectivity index (χ3v) is 5.47. The molecule has 2 aromatic rings. The Bertz CT molecular complexity index is 1040. The Balaban J connectivity index is 1.52. The number of Topliss-reactive ketones (excluding diaryl/α,β-unsaturated/α-hetero) is 1. The Hall–Kier alpha value is -3.68. The van der Waals surface area contributed by atoms with Crippen LogP contribution in [-0.4, -0.2) is 48.8 Å². The Morgan fingerprint density at radius 2 is 1.61 bits per heavy atom. The molecular weight excluding hydrogens is 424 g/mol. The van der Waals surface area contributed by atoms with Crippen molar-refractivity contribution < 1.29 is 28.7 Å². The summed E-state index contributed by atoms with van der Waals surface area (Å²) in [6.45, 7) is 5.79. The first kappa shape index (κ1) is 24.0. The van der Waals surface area contributed by atoms with Crippen molar-refractivity contribution in [2.24, 2.45) is 5.92 Å². The fraction of sp³-hybridized carbons (Fsp3) is 0.360. The van der Waals surface area contributed by atoms with Crippen LogP contribution in [0.4, 0.5) is 0 Å². The lowest BCUT2D eigenvalue weighted by Gasteiger charge is -2.20. The number of rotatable bonds is 7. The maximum absolute atomic E-state index is 12.5. The maximum atomic E-state index is 12.5. The van der Waals surface area contributed by atoms with Crippen LogP contribution in [0.5, 0.6) is 5.75 Å². The second kappa shape index (κ2) is 9.85. The van der Waals surface area contributed by atoms with E-state index in [1.807, 2.05) is 12.1 Å². The van der Waals surface area contributed by atoms with Crippen molar-refractivity contribution in [2.45, 2.75) is 32.6 Å². The largest absolute Gasteiger partial charge is 0.497 e. The quantitative estimate of drug-likeness (QED) is 0.512. The number of hydrazine groups is 1. The number of nitrogens with one attached hydrogen (secondary N) is 1. The first-order valence-electron chi connectivity index (χ1n) is 10.6. The molecule has 8 nitrogen and oxygen atoms in total. The number of hydrogen-bond donors (Lipinski definition) is 1. The van der Waals surface area contributed by atoms with E-state index in [9.17, 15) is 19.2 Å². The van der Waals surface area contributed by atoms with Gasteiger partial charge in [-0.15, -0.1) is 0 Å². The Morgan fingerprint density at radius 3 is 2.18 bits per heavy atom. The lowest BCUT2D eigenvalue weighted by molar-refractivity contribution is -0.147. The molecule has 174 valence electrons. The van der Waals surface area contributed by atoms with E-state index in [1.165, 1.54) is 7.11 Å². The molecule has 2 amide bonds. The van der Waals surface area contributed by atoms with Gasteiger partial charge >= 0.3 is 5.97 Å². The zero-order valence-electron chi connectivity index (χ0n) is 19.2. The average molecular weight is 453 g/mol. The summed E-state index contributed by atoms with van der Waals surface area (Å²) < 4.78 is 10.2. The van der Waals surface area contributed by atoms with Crippen molar-refractivity contribution in [2.75, 3.05) is 20.3 Å². The molecule has 0 radical (unpaired) electrons. The molecule has 33 heavy (non-hydrogen) atoms. The molecule has 1 fully saturated rings. The molecule has 0 unspecified atom stereocenters. The van der Waals surface area contributed by atoms with Crippen LogP contribution in [0.2, 0.25) is 0 Å². The van der Waals surface area contributed by atoms with Gasteiger partial charge in [0.25, 0.3) is 5.91 Å². The number of carbonyl (C=O) groups is 4. The number of ketones is 1. The number of esters is 1. The molecule has 1 atom stereocenters. The van der Waals surface area contributed by atoms with Crippen LogP contribution in [0.25, 0.3) is 0 Å². The predicted octanol–water partition coefficient (Wildman–Crippen LogP) is 2.91. The molecule has 1 aliphatic heterocycles. The van der Waals surface area contributed by atoms with Gasteiger partial charge in [-0.1, -0.05) is 32.9 Å². The first-order chi connectivity index (χ1) is 15.6. The van der Waals surface area contributed by atoms with Gasteiger partial charge in [-0.3, -0.25) is 29.6 Å².